The number of amidine groups is 1. The molecule has 2 aromatic rings. The number of ether oxygens (including phenoxy) is 1. The first-order valence-corrected chi connectivity index (χ1v) is 8.85. The Morgan fingerprint density at radius 2 is 1.97 bits per heavy atom. The molecule has 2 aromatic carbocycles. The standard InChI is InChI=1S/C23H20FN3O2/c1-15-3-12-21-26-16(2)22(27(21)14-15)23(28)25-13-17-4-8-19(9-5-17)29-20-10-6-18(24)7-11-20/h3-11,14H,12-13H2,1-2H3/p+1/i1D3,3D,12D,14D. The highest BCUT2D eigenvalue weighted by Crippen LogP contribution is 2.23. The molecule has 0 saturated heterocycles. The van der Waals surface area contributed by atoms with Crippen LogP contribution in [0.3, 0.4) is 0 Å². The molecule has 2 aliphatic rings. The van der Waals surface area contributed by atoms with Crippen LogP contribution in [0.15, 0.2) is 76.5 Å². The number of benzene rings is 2. The zero-order valence-corrected chi connectivity index (χ0v) is 15.5. The average molecular weight is 396 g/mol. The van der Waals surface area contributed by atoms with Gasteiger partial charge < -0.3 is 10.1 Å². The summed E-state index contributed by atoms with van der Waals surface area (Å²) in [6.45, 7) is -1.13. The number of carbonyl (C=O) groups is 1. The van der Waals surface area contributed by atoms with Crippen LogP contribution >= 0.6 is 0 Å². The number of halogens is 1. The number of nitrogens with one attached hydrogen (secondary N) is 1. The number of nitrogens with zero attached hydrogens (tertiary/aromatic N) is 2. The van der Waals surface area contributed by atoms with Crippen molar-refractivity contribution in [2.24, 2.45) is 4.99 Å². The SMILES string of the molecule is [2H]C1=C(C([2H])([2H])[2H])C([2H])=[N+]2C(=NC(C)=C2C(=O)NCc2ccc(Oc3ccc(F)cc3)cc2)C1[2H]. The number of carbonyl (C=O) groups excluding carboxylic acids is 1. The normalized spacial score (nSPS) is 22.0. The number of rotatable bonds is 5. The number of allylic oxidation sites excluding steroid dienone is 2. The van der Waals surface area contributed by atoms with Gasteiger partial charge in [0, 0.05) is 19.0 Å². The number of fused-ring (bicyclic) bond motifs is 1. The summed E-state index contributed by atoms with van der Waals surface area (Å²) in [5.74, 6) is 0.000742. The lowest BCUT2D eigenvalue weighted by Crippen LogP contribution is -2.32. The van der Waals surface area contributed by atoms with Gasteiger partial charge in [0.1, 0.15) is 18.7 Å². The molecule has 0 bridgehead atoms. The minimum absolute atomic E-state index is 0.0436. The third-order valence-electron chi connectivity index (χ3n) is 4.29. The largest absolute Gasteiger partial charge is 0.457 e. The maximum absolute atomic E-state index is 13.0. The van der Waals surface area contributed by atoms with Gasteiger partial charge in [0.05, 0.1) is 14.0 Å². The van der Waals surface area contributed by atoms with E-state index in [1.54, 1.807) is 24.3 Å². The molecule has 29 heavy (non-hydrogen) atoms. The molecule has 2 aliphatic heterocycles. The molecule has 1 amide bonds. The smallest absolute Gasteiger partial charge is 0.308 e. The first kappa shape index (κ1) is 12.8. The van der Waals surface area contributed by atoms with E-state index >= 15 is 0 Å². The summed E-state index contributed by atoms with van der Waals surface area (Å²) >= 11 is 0. The molecule has 6 heteroatoms. The minimum Gasteiger partial charge on any atom is -0.457 e. The molecule has 0 aromatic heterocycles. The minimum atomic E-state index is -2.78. The molecule has 4 rings (SSSR count). The van der Waals surface area contributed by atoms with Crippen LogP contribution in [-0.2, 0) is 11.3 Å². The summed E-state index contributed by atoms with van der Waals surface area (Å²) in [4.78, 5) is 17.2. The Hall–Kier alpha value is -3.54. The van der Waals surface area contributed by atoms with Gasteiger partial charge in [0.25, 0.3) is 5.91 Å². The molecule has 146 valence electrons. The van der Waals surface area contributed by atoms with Gasteiger partial charge in [-0.25, -0.2) is 4.39 Å². The fourth-order valence-corrected chi connectivity index (χ4v) is 2.89. The lowest BCUT2D eigenvalue weighted by molar-refractivity contribution is -0.337. The molecule has 0 fully saturated rings. The van der Waals surface area contributed by atoms with Crippen molar-refractivity contribution in [3.63, 3.8) is 0 Å². The number of hydrogen-bond acceptors (Lipinski definition) is 3. The second-order valence-electron chi connectivity index (χ2n) is 6.40. The topological polar surface area (TPSA) is 53.7 Å². The van der Waals surface area contributed by atoms with Crippen LogP contribution in [0.25, 0.3) is 0 Å². The zero-order chi connectivity index (χ0) is 25.5. The highest BCUT2D eigenvalue weighted by atomic mass is 19.1. The molecule has 1 atom stereocenters. The fraction of sp³-hybridized carbons (Fsp3) is 0.174. The highest BCUT2D eigenvalue weighted by Gasteiger charge is 2.36. The first-order valence-electron chi connectivity index (χ1n) is 11.9. The van der Waals surface area contributed by atoms with E-state index in [-0.39, 0.29) is 29.6 Å². The number of aliphatic imine (C=N–C) groups is 1. The fourth-order valence-electron chi connectivity index (χ4n) is 2.89. The highest BCUT2D eigenvalue weighted by molar-refractivity contribution is 6.00. The van der Waals surface area contributed by atoms with Crippen molar-refractivity contribution < 1.29 is 26.7 Å². The maximum atomic E-state index is 13.0. The van der Waals surface area contributed by atoms with Gasteiger partial charge in [-0.15, -0.1) is 0 Å². The Bertz CT molecular complexity index is 1310. The molecule has 0 aliphatic carbocycles. The van der Waals surface area contributed by atoms with Gasteiger partial charge in [-0.2, -0.15) is 4.58 Å². The van der Waals surface area contributed by atoms with Gasteiger partial charge in [-0.1, -0.05) is 18.2 Å². The Morgan fingerprint density at radius 3 is 2.66 bits per heavy atom. The summed E-state index contributed by atoms with van der Waals surface area (Å²) in [6, 6.07) is 11.9. The maximum Gasteiger partial charge on any atom is 0.308 e. The van der Waals surface area contributed by atoms with E-state index in [1.165, 1.54) is 31.2 Å². The van der Waals surface area contributed by atoms with E-state index in [2.05, 4.69) is 10.3 Å². The monoisotopic (exact) mass is 396 g/mol. The predicted molar refractivity (Wildman–Crippen MR) is 110 cm³/mol. The van der Waals surface area contributed by atoms with Crippen LogP contribution in [-0.4, -0.2) is 22.5 Å². The zero-order valence-electron chi connectivity index (χ0n) is 21.5. The van der Waals surface area contributed by atoms with E-state index in [9.17, 15) is 9.18 Å². The number of amides is 1. The molecular formula is C23H21FN3O2+. The van der Waals surface area contributed by atoms with Gasteiger partial charge in [0.15, 0.2) is 0 Å². The van der Waals surface area contributed by atoms with Crippen molar-refractivity contribution in [1.29, 1.82) is 0 Å². The van der Waals surface area contributed by atoms with Gasteiger partial charge in [0.2, 0.25) is 11.4 Å². The van der Waals surface area contributed by atoms with Crippen LogP contribution in [0.5, 0.6) is 11.5 Å². The van der Waals surface area contributed by atoms with E-state index < -0.39 is 37.0 Å². The van der Waals surface area contributed by atoms with Crippen LogP contribution in [0, 0.1) is 5.82 Å². The van der Waals surface area contributed by atoms with E-state index in [0.717, 1.165) is 10.1 Å². The summed E-state index contributed by atoms with van der Waals surface area (Å²) < 4.78 is 67.3. The van der Waals surface area contributed by atoms with Gasteiger partial charge >= 0.3 is 5.84 Å². The van der Waals surface area contributed by atoms with Crippen LogP contribution < -0.4 is 10.1 Å². The van der Waals surface area contributed by atoms with Crippen molar-refractivity contribution >= 4 is 17.9 Å². The van der Waals surface area contributed by atoms with Crippen molar-refractivity contribution in [2.75, 3.05) is 0 Å². The van der Waals surface area contributed by atoms with E-state index in [0.29, 0.717) is 11.5 Å². The Balaban J connectivity index is 1.49. The second-order valence-corrected chi connectivity index (χ2v) is 6.40. The molecule has 0 saturated carbocycles. The third-order valence-corrected chi connectivity index (χ3v) is 4.29. The average Bonchev–Trinajstić information content (AvgIpc) is 3.15. The molecule has 0 spiro atoms. The molecule has 2 heterocycles. The summed E-state index contributed by atoms with van der Waals surface area (Å²) in [5.41, 5.74) is 0.342. The van der Waals surface area contributed by atoms with E-state index in [1.807, 2.05) is 0 Å². The molecular weight excluding hydrogens is 369 g/mol. The Morgan fingerprint density at radius 1 is 1.28 bits per heavy atom. The van der Waals surface area contributed by atoms with Crippen LogP contribution in [0.1, 0.15) is 34.0 Å². The molecule has 0 radical (unpaired) electrons. The first-order chi connectivity index (χ1) is 16.5. The molecule has 5 nitrogen and oxygen atoms in total. The lowest BCUT2D eigenvalue weighted by Gasteiger charge is -2.10. The van der Waals surface area contributed by atoms with Crippen LogP contribution in [0.4, 0.5) is 4.39 Å². The quantitative estimate of drug-likeness (QED) is 0.766. The van der Waals surface area contributed by atoms with Gasteiger partial charge in [-0.3, -0.25) is 4.79 Å². The Labute approximate surface area is 177 Å². The Kier molecular flexibility index (Phi) is 3.46. The number of hydrogen-bond donors (Lipinski definition) is 1. The van der Waals surface area contributed by atoms with Crippen LogP contribution in [0.2, 0.25) is 0 Å². The lowest BCUT2D eigenvalue weighted by atomic mass is 10.2. The van der Waals surface area contributed by atoms with Crippen molar-refractivity contribution in [3.8, 4) is 11.5 Å². The second kappa shape index (κ2) is 7.83. The third kappa shape index (κ3) is 4.16. The van der Waals surface area contributed by atoms with Crippen molar-refractivity contribution in [2.45, 2.75) is 26.7 Å². The van der Waals surface area contributed by atoms with Crippen molar-refractivity contribution in [1.82, 2.24) is 5.32 Å². The summed E-state index contributed by atoms with van der Waals surface area (Å²) in [6.07, 6.45) is -1.98. The summed E-state index contributed by atoms with van der Waals surface area (Å²) in [7, 11) is 0. The molecule has 1 unspecified atom stereocenters. The van der Waals surface area contributed by atoms with Crippen molar-refractivity contribution in [3.05, 3.63) is 82.9 Å². The summed E-state index contributed by atoms with van der Waals surface area (Å²) in [5, 5.41) is 2.72. The predicted octanol–water partition coefficient (Wildman–Crippen LogP) is 4.31. The van der Waals surface area contributed by atoms with E-state index in [4.69, 9.17) is 13.0 Å². The van der Waals surface area contributed by atoms with Gasteiger partial charge in [-0.05, 0) is 59.4 Å². The molecule has 1 N–H and O–H groups in total.